The minimum absolute atomic E-state index is 0.166. The summed E-state index contributed by atoms with van der Waals surface area (Å²) in [4.78, 5) is 39.4. The van der Waals surface area contributed by atoms with Gasteiger partial charge in [0, 0.05) is 5.54 Å². The SMILES string of the molecule is CC(c1nc2cccc(Cl)c2c(=O)n1-c1cnc(N)cn1)N(C(=O)O)C(C)(C)C. The lowest BCUT2D eigenvalue weighted by Crippen LogP contribution is -2.47. The fourth-order valence-corrected chi connectivity index (χ4v) is 3.55. The van der Waals surface area contributed by atoms with Crippen LogP contribution < -0.4 is 11.3 Å². The monoisotopic (exact) mass is 416 g/mol. The molecule has 0 aliphatic rings. The summed E-state index contributed by atoms with van der Waals surface area (Å²) < 4.78 is 1.23. The summed E-state index contributed by atoms with van der Waals surface area (Å²) >= 11 is 6.25. The Labute approximate surface area is 171 Å². The van der Waals surface area contributed by atoms with Crippen LogP contribution in [0.2, 0.25) is 5.02 Å². The molecule has 0 spiro atoms. The molecular formula is C19H21ClN6O3. The highest BCUT2D eigenvalue weighted by atomic mass is 35.5. The minimum atomic E-state index is -1.14. The van der Waals surface area contributed by atoms with Crippen LogP contribution in [0.25, 0.3) is 16.7 Å². The molecule has 0 fully saturated rings. The first-order valence-corrected chi connectivity index (χ1v) is 9.21. The van der Waals surface area contributed by atoms with E-state index in [0.29, 0.717) is 5.52 Å². The second kappa shape index (κ2) is 7.32. The highest BCUT2D eigenvalue weighted by Gasteiger charge is 2.34. The molecule has 0 aliphatic heterocycles. The zero-order valence-corrected chi connectivity index (χ0v) is 17.2. The molecule has 0 bridgehead atoms. The topological polar surface area (TPSA) is 127 Å². The zero-order chi connectivity index (χ0) is 21.5. The summed E-state index contributed by atoms with van der Waals surface area (Å²) in [7, 11) is 0. The first-order chi connectivity index (χ1) is 13.5. The highest BCUT2D eigenvalue weighted by molar-refractivity contribution is 6.35. The largest absolute Gasteiger partial charge is 0.465 e. The number of carbonyl (C=O) groups is 1. The highest BCUT2D eigenvalue weighted by Crippen LogP contribution is 2.29. The molecule has 1 aromatic carbocycles. The van der Waals surface area contributed by atoms with Crippen molar-refractivity contribution < 1.29 is 9.90 Å². The van der Waals surface area contributed by atoms with Crippen molar-refractivity contribution >= 4 is 34.4 Å². The molecule has 0 saturated carbocycles. The Morgan fingerprint density at radius 1 is 1.28 bits per heavy atom. The van der Waals surface area contributed by atoms with Crippen LogP contribution >= 0.6 is 11.6 Å². The normalized spacial score (nSPS) is 12.7. The van der Waals surface area contributed by atoms with Crippen LogP contribution in [-0.2, 0) is 0 Å². The molecular weight excluding hydrogens is 396 g/mol. The van der Waals surface area contributed by atoms with E-state index in [4.69, 9.17) is 17.3 Å². The number of nitrogens with two attached hydrogens (primary N) is 1. The van der Waals surface area contributed by atoms with Crippen LogP contribution in [0.3, 0.4) is 0 Å². The third kappa shape index (κ3) is 3.73. The molecule has 3 rings (SSSR count). The average Bonchev–Trinajstić information content (AvgIpc) is 2.61. The van der Waals surface area contributed by atoms with E-state index >= 15 is 0 Å². The summed E-state index contributed by atoms with van der Waals surface area (Å²) in [5.74, 6) is 0.547. The van der Waals surface area contributed by atoms with Gasteiger partial charge in [0.25, 0.3) is 5.56 Å². The second-order valence-electron chi connectivity index (χ2n) is 7.54. The van der Waals surface area contributed by atoms with Crippen LogP contribution in [0, 0.1) is 0 Å². The van der Waals surface area contributed by atoms with Crippen molar-refractivity contribution in [2.75, 3.05) is 5.73 Å². The standard InChI is InChI=1S/C19H21ClN6O3/c1-10(26(18(28)29)19(2,3)4)16-24-12-7-5-6-11(20)15(12)17(27)25(16)14-9-22-13(21)8-23-14/h5-10H,1-4H3,(H2,21,22)(H,28,29). The summed E-state index contributed by atoms with van der Waals surface area (Å²) in [6, 6.07) is 4.15. The molecule has 2 heterocycles. The summed E-state index contributed by atoms with van der Waals surface area (Å²) in [5, 5.41) is 10.3. The summed E-state index contributed by atoms with van der Waals surface area (Å²) in [6.45, 7) is 6.96. The van der Waals surface area contributed by atoms with Gasteiger partial charge < -0.3 is 10.8 Å². The van der Waals surface area contributed by atoms with Crippen LogP contribution in [0.1, 0.15) is 39.6 Å². The first kappa shape index (κ1) is 20.5. The zero-order valence-electron chi connectivity index (χ0n) is 16.4. The van der Waals surface area contributed by atoms with Crippen molar-refractivity contribution in [2.24, 2.45) is 0 Å². The maximum absolute atomic E-state index is 13.4. The lowest BCUT2D eigenvalue weighted by atomic mass is 10.0. The van der Waals surface area contributed by atoms with Crippen LogP contribution in [0.5, 0.6) is 0 Å². The Morgan fingerprint density at radius 3 is 2.52 bits per heavy atom. The number of aromatic nitrogens is 4. The Kier molecular flexibility index (Phi) is 5.18. The van der Waals surface area contributed by atoms with E-state index in [-0.39, 0.29) is 27.9 Å². The maximum Gasteiger partial charge on any atom is 0.408 e. The molecule has 0 radical (unpaired) electrons. The number of benzene rings is 1. The Morgan fingerprint density at radius 2 is 1.97 bits per heavy atom. The second-order valence-corrected chi connectivity index (χ2v) is 7.95. The van der Waals surface area contributed by atoms with Gasteiger partial charge in [-0.2, -0.15) is 0 Å². The van der Waals surface area contributed by atoms with Gasteiger partial charge in [-0.1, -0.05) is 17.7 Å². The summed E-state index contributed by atoms with van der Waals surface area (Å²) in [6.07, 6.45) is 1.51. The van der Waals surface area contributed by atoms with E-state index in [0.717, 1.165) is 0 Å². The van der Waals surface area contributed by atoms with E-state index in [9.17, 15) is 14.7 Å². The summed E-state index contributed by atoms with van der Waals surface area (Å²) in [5.41, 5.74) is 4.76. The number of anilines is 1. The van der Waals surface area contributed by atoms with Crippen LogP contribution in [0.15, 0.2) is 35.4 Å². The number of hydrogen-bond acceptors (Lipinski definition) is 6. The average molecular weight is 417 g/mol. The number of amides is 1. The van der Waals surface area contributed by atoms with Gasteiger partial charge in [-0.05, 0) is 39.8 Å². The molecule has 1 atom stereocenters. The Bertz CT molecular complexity index is 1140. The number of halogens is 1. The molecule has 9 nitrogen and oxygen atoms in total. The Balaban J connectivity index is 2.39. The van der Waals surface area contributed by atoms with E-state index in [1.807, 2.05) is 0 Å². The lowest BCUT2D eigenvalue weighted by Gasteiger charge is -2.38. The van der Waals surface area contributed by atoms with Gasteiger partial charge >= 0.3 is 6.09 Å². The fourth-order valence-electron chi connectivity index (χ4n) is 3.30. The van der Waals surface area contributed by atoms with Crippen molar-refractivity contribution in [1.29, 1.82) is 0 Å². The molecule has 1 unspecified atom stereocenters. The molecule has 2 aromatic heterocycles. The molecule has 10 heteroatoms. The van der Waals surface area contributed by atoms with Crippen molar-refractivity contribution in [1.82, 2.24) is 24.4 Å². The third-order valence-electron chi connectivity index (χ3n) is 4.45. The minimum Gasteiger partial charge on any atom is -0.465 e. The number of rotatable bonds is 3. The molecule has 1 amide bonds. The number of nitrogen functional groups attached to an aromatic ring is 1. The number of nitrogens with zero attached hydrogens (tertiary/aromatic N) is 5. The maximum atomic E-state index is 13.4. The van der Waals surface area contributed by atoms with Gasteiger partial charge in [-0.3, -0.25) is 9.69 Å². The molecule has 29 heavy (non-hydrogen) atoms. The molecule has 0 saturated heterocycles. The number of fused-ring (bicyclic) bond motifs is 1. The van der Waals surface area contributed by atoms with Gasteiger partial charge in [0.05, 0.1) is 34.4 Å². The number of hydrogen-bond donors (Lipinski definition) is 2. The van der Waals surface area contributed by atoms with E-state index < -0.39 is 23.2 Å². The van der Waals surface area contributed by atoms with Crippen molar-refractivity contribution in [3.63, 3.8) is 0 Å². The van der Waals surface area contributed by atoms with E-state index in [2.05, 4.69) is 15.0 Å². The van der Waals surface area contributed by atoms with Gasteiger partial charge in [0.1, 0.15) is 11.6 Å². The Hall–Kier alpha value is -3.20. The third-order valence-corrected chi connectivity index (χ3v) is 4.76. The molecule has 3 N–H and O–H groups in total. The fraction of sp³-hybridized carbons (Fsp3) is 0.316. The first-order valence-electron chi connectivity index (χ1n) is 8.83. The molecule has 0 aliphatic carbocycles. The number of carboxylic acid groups (broad SMARTS) is 1. The van der Waals surface area contributed by atoms with Crippen molar-refractivity contribution in [3.05, 3.63) is 51.8 Å². The van der Waals surface area contributed by atoms with Gasteiger partial charge in [-0.15, -0.1) is 0 Å². The quantitative estimate of drug-likeness (QED) is 0.670. The van der Waals surface area contributed by atoms with Gasteiger partial charge in [0.15, 0.2) is 5.82 Å². The molecule has 3 aromatic rings. The van der Waals surface area contributed by atoms with E-state index in [1.165, 1.54) is 21.9 Å². The van der Waals surface area contributed by atoms with E-state index in [1.54, 1.807) is 45.9 Å². The van der Waals surface area contributed by atoms with Crippen LogP contribution in [0.4, 0.5) is 10.6 Å². The van der Waals surface area contributed by atoms with Gasteiger partial charge in [-0.25, -0.2) is 24.3 Å². The van der Waals surface area contributed by atoms with Crippen LogP contribution in [-0.4, -0.2) is 41.2 Å². The predicted octanol–water partition coefficient (Wildman–Crippen LogP) is 3.25. The molecule has 152 valence electrons. The predicted molar refractivity (Wildman–Crippen MR) is 110 cm³/mol. The van der Waals surface area contributed by atoms with Gasteiger partial charge in [0.2, 0.25) is 0 Å². The van der Waals surface area contributed by atoms with Crippen molar-refractivity contribution in [3.8, 4) is 5.82 Å². The smallest absolute Gasteiger partial charge is 0.408 e. The van der Waals surface area contributed by atoms with Crippen molar-refractivity contribution in [2.45, 2.75) is 39.3 Å². The lowest BCUT2D eigenvalue weighted by molar-refractivity contribution is 0.0719.